The summed E-state index contributed by atoms with van der Waals surface area (Å²) in [6, 6.07) is 7.75. The molecule has 1 heterocycles. The van der Waals surface area contributed by atoms with Crippen LogP contribution in [0.2, 0.25) is 0 Å². The minimum atomic E-state index is -4.49. The summed E-state index contributed by atoms with van der Waals surface area (Å²) in [5.74, 6) is -0.108. The van der Waals surface area contributed by atoms with Crippen LogP contribution in [-0.2, 0) is 11.3 Å². The first-order valence-electron chi connectivity index (χ1n) is 8.89. The van der Waals surface area contributed by atoms with Gasteiger partial charge in [0.25, 0.3) is 0 Å². The molecule has 1 aromatic carbocycles. The highest BCUT2D eigenvalue weighted by Crippen LogP contribution is 2.25. The molecule has 0 aromatic heterocycles. The van der Waals surface area contributed by atoms with Crippen molar-refractivity contribution >= 4 is 11.9 Å². The molecule has 2 rings (SSSR count). The Hall–Kier alpha value is -2.25. The van der Waals surface area contributed by atoms with Gasteiger partial charge in [0, 0.05) is 37.5 Å². The molecule has 0 bridgehead atoms. The number of amides is 3. The fourth-order valence-corrected chi connectivity index (χ4v) is 3.13. The highest BCUT2D eigenvalue weighted by atomic mass is 19.4. The standard InChI is InChI=1S/C19H26F3N3O2/c1-18(2,3)25-12-15(9-16(25)26)10-23-17(27)24(13-19(20,21)22)11-14-7-5-4-6-8-14/h4-8,15H,9-13H2,1-3H3,(H,23,27). The molecular formula is C19H26F3N3O2. The molecule has 27 heavy (non-hydrogen) atoms. The molecule has 0 aliphatic carbocycles. The number of likely N-dealkylation sites (tertiary alicyclic amines) is 1. The number of carbonyl (C=O) groups excluding carboxylic acids is 2. The number of hydrogen-bond donors (Lipinski definition) is 1. The van der Waals surface area contributed by atoms with Crippen LogP contribution >= 0.6 is 0 Å². The summed E-state index contributed by atoms with van der Waals surface area (Å²) >= 11 is 0. The van der Waals surface area contributed by atoms with Gasteiger partial charge in [-0.25, -0.2) is 4.79 Å². The van der Waals surface area contributed by atoms with E-state index in [9.17, 15) is 22.8 Å². The topological polar surface area (TPSA) is 52.7 Å². The number of alkyl halides is 3. The summed E-state index contributed by atoms with van der Waals surface area (Å²) in [6.45, 7) is 4.97. The van der Waals surface area contributed by atoms with E-state index in [0.29, 0.717) is 12.1 Å². The number of nitrogens with one attached hydrogen (secondary N) is 1. The van der Waals surface area contributed by atoms with Gasteiger partial charge in [0.15, 0.2) is 0 Å². The Kier molecular flexibility index (Phi) is 6.38. The van der Waals surface area contributed by atoms with Gasteiger partial charge in [-0.1, -0.05) is 30.3 Å². The normalized spacial score (nSPS) is 17.9. The van der Waals surface area contributed by atoms with E-state index in [4.69, 9.17) is 0 Å². The van der Waals surface area contributed by atoms with Crippen molar-refractivity contribution in [1.82, 2.24) is 15.1 Å². The third kappa shape index (κ3) is 6.45. The molecular weight excluding hydrogens is 359 g/mol. The second-order valence-electron chi connectivity index (χ2n) is 7.89. The van der Waals surface area contributed by atoms with E-state index < -0.39 is 18.8 Å². The summed E-state index contributed by atoms with van der Waals surface area (Å²) < 4.78 is 38.6. The molecule has 1 aliphatic heterocycles. The molecule has 1 atom stereocenters. The molecule has 8 heteroatoms. The minimum absolute atomic E-state index is 0.00168. The molecule has 0 saturated carbocycles. The number of hydrogen-bond acceptors (Lipinski definition) is 2. The van der Waals surface area contributed by atoms with Gasteiger partial charge in [0.05, 0.1) is 0 Å². The molecule has 1 saturated heterocycles. The predicted molar refractivity (Wildman–Crippen MR) is 95.9 cm³/mol. The van der Waals surface area contributed by atoms with Crippen LogP contribution in [0.5, 0.6) is 0 Å². The molecule has 1 fully saturated rings. The number of benzene rings is 1. The smallest absolute Gasteiger partial charge is 0.338 e. The van der Waals surface area contributed by atoms with Gasteiger partial charge in [0.2, 0.25) is 5.91 Å². The van der Waals surface area contributed by atoms with Gasteiger partial charge >= 0.3 is 12.2 Å². The maximum Gasteiger partial charge on any atom is 0.406 e. The lowest BCUT2D eigenvalue weighted by Crippen LogP contribution is -2.46. The monoisotopic (exact) mass is 385 g/mol. The quantitative estimate of drug-likeness (QED) is 0.845. The Morgan fingerprint density at radius 3 is 2.37 bits per heavy atom. The average Bonchev–Trinajstić information content (AvgIpc) is 2.93. The number of rotatable bonds is 5. The van der Waals surface area contributed by atoms with E-state index in [0.717, 1.165) is 4.90 Å². The van der Waals surface area contributed by atoms with E-state index in [1.54, 1.807) is 35.2 Å². The van der Waals surface area contributed by atoms with E-state index in [1.165, 1.54) is 0 Å². The average molecular weight is 385 g/mol. The lowest BCUT2D eigenvalue weighted by Gasteiger charge is -2.32. The van der Waals surface area contributed by atoms with Crippen molar-refractivity contribution < 1.29 is 22.8 Å². The number of nitrogens with zero attached hydrogens (tertiary/aromatic N) is 2. The number of carbonyl (C=O) groups is 2. The van der Waals surface area contributed by atoms with Crippen LogP contribution in [0.3, 0.4) is 0 Å². The Balaban J connectivity index is 1.96. The predicted octanol–water partition coefficient (Wildman–Crippen LogP) is 3.41. The molecule has 150 valence electrons. The van der Waals surface area contributed by atoms with Crippen molar-refractivity contribution in [2.75, 3.05) is 19.6 Å². The number of halogens is 3. The maximum atomic E-state index is 12.9. The van der Waals surface area contributed by atoms with Crippen LogP contribution < -0.4 is 5.32 Å². The Labute approximate surface area is 157 Å². The highest BCUT2D eigenvalue weighted by molar-refractivity contribution is 5.80. The second-order valence-corrected chi connectivity index (χ2v) is 7.89. The Morgan fingerprint density at radius 2 is 1.85 bits per heavy atom. The van der Waals surface area contributed by atoms with Crippen LogP contribution in [0, 0.1) is 5.92 Å². The first-order chi connectivity index (χ1) is 12.5. The molecule has 3 amide bonds. The van der Waals surface area contributed by atoms with Crippen LogP contribution in [0.15, 0.2) is 30.3 Å². The summed E-state index contributed by atoms with van der Waals surface area (Å²) in [6.07, 6.45) is -4.20. The van der Waals surface area contributed by atoms with Crippen LogP contribution in [0.1, 0.15) is 32.8 Å². The molecule has 0 radical (unpaired) electrons. The maximum absolute atomic E-state index is 12.9. The second kappa shape index (κ2) is 8.19. The zero-order chi connectivity index (χ0) is 20.2. The molecule has 1 unspecified atom stereocenters. The van der Waals surface area contributed by atoms with Crippen molar-refractivity contribution in [3.63, 3.8) is 0 Å². The lowest BCUT2D eigenvalue weighted by atomic mass is 10.1. The van der Waals surface area contributed by atoms with Gasteiger partial charge in [-0.05, 0) is 26.3 Å². The molecule has 5 nitrogen and oxygen atoms in total. The molecule has 1 N–H and O–H groups in total. The van der Waals surface area contributed by atoms with Crippen molar-refractivity contribution in [1.29, 1.82) is 0 Å². The number of urea groups is 1. The van der Waals surface area contributed by atoms with E-state index in [1.807, 2.05) is 20.8 Å². The van der Waals surface area contributed by atoms with Crippen LogP contribution in [0.25, 0.3) is 0 Å². The fourth-order valence-electron chi connectivity index (χ4n) is 3.13. The lowest BCUT2D eigenvalue weighted by molar-refractivity contribution is -0.141. The molecule has 1 aromatic rings. The fraction of sp³-hybridized carbons (Fsp3) is 0.579. The zero-order valence-corrected chi connectivity index (χ0v) is 15.8. The molecule has 1 aliphatic rings. The van der Waals surface area contributed by atoms with Crippen LogP contribution in [0.4, 0.5) is 18.0 Å². The van der Waals surface area contributed by atoms with Crippen molar-refractivity contribution in [2.45, 2.75) is 45.5 Å². The summed E-state index contributed by atoms with van der Waals surface area (Å²) in [5, 5.41) is 2.57. The van der Waals surface area contributed by atoms with Gasteiger partial charge < -0.3 is 15.1 Å². The third-order valence-corrected chi connectivity index (χ3v) is 4.43. The summed E-state index contributed by atoms with van der Waals surface area (Å²) in [4.78, 5) is 26.9. The SMILES string of the molecule is CC(C)(C)N1CC(CNC(=O)N(Cc2ccccc2)CC(F)(F)F)CC1=O. The van der Waals surface area contributed by atoms with Gasteiger partial charge in [-0.15, -0.1) is 0 Å². The van der Waals surface area contributed by atoms with E-state index in [2.05, 4.69) is 5.32 Å². The highest BCUT2D eigenvalue weighted by Gasteiger charge is 2.37. The zero-order valence-electron chi connectivity index (χ0n) is 15.8. The summed E-state index contributed by atoms with van der Waals surface area (Å²) in [7, 11) is 0. The van der Waals surface area contributed by atoms with Crippen LogP contribution in [-0.4, -0.2) is 53.1 Å². The first-order valence-corrected chi connectivity index (χ1v) is 8.89. The van der Waals surface area contributed by atoms with Crippen molar-refractivity contribution in [3.05, 3.63) is 35.9 Å². The van der Waals surface area contributed by atoms with Gasteiger partial charge in [-0.2, -0.15) is 13.2 Å². The largest absolute Gasteiger partial charge is 0.406 e. The summed E-state index contributed by atoms with van der Waals surface area (Å²) in [5.41, 5.74) is 0.303. The first kappa shape index (κ1) is 21.1. The van der Waals surface area contributed by atoms with E-state index >= 15 is 0 Å². The Bertz CT molecular complexity index is 656. The van der Waals surface area contributed by atoms with Gasteiger partial charge in [0.1, 0.15) is 6.54 Å². The van der Waals surface area contributed by atoms with Crippen molar-refractivity contribution in [2.24, 2.45) is 5.92 Å². The third-order valence-electron chi connectivity index (χ3n) is 4.43. The van der Waals surface area contributed by atoms with E-state index in [-0.39, 0.29) is 36.9 Å². The molecule has 0 spiro atoms. The Morgan fingerprint density at radius 1 is 1.22 bits per heavy atom. The minimum Gasteiger partial charge on any atom is -0.338 e. The van der Waals surface area contributed by atoms with Gasteiger partial charge in [-0.3, -0.25) is 4.79 Å². The van der Waals surface area contributed by atoms with Crippen molar-refractivity contribution in [3.8, 4) is 0 Å².